The molecule has 0 fully saturated rings. The van der Waals surface area contributed by atoms with Gasteiger partial charge in [0.2, 0.25) is 0 Å². The topological polar surface area (TPSA) is 12.0 Å². The molecule has 0 aliphatic carbocycles. The highest BCUT2D eigenvalue weighted by Gasteiger charge is 2.18. The number of nitrogens with one attached hydrogen (secondary N) is 1. The van der Waals surface area contributed by atoms with Crippen molar-refractivity contribution in [1.29, 1.82) is 0 Å². The zero-order chi connectivity index (χ0) is 15.4. The third kappa shape index (κ3) is 3.86. The smallest absolute Gasteiger partial charge is 0.137 e. The number of benzene rings is 2. The zero-order valence-corrected chi connectivity index (χ0v) is 13.1. The summed E-state index contributed by atoms with van der Waals surface area (Å²) in [6, 6.07) is 7.76. The Morgan fingerprint density at radius 1 is 1.10 bits per heavy atom. The van der Waals surface area contributed by atoms with Crippen molar-refractivity contribution in [3.63, 3.8) is 0 Å². The molecule has 0 heterocycles. The lowest BCUT2D eigenvalue weighted by atomic mass is 9.98. The lowest BCUT2D eigenvalue weighted by molar-refractivity contribution is 0.516. The van der Waals surface area contributed by atoms with Gasteiger partial charge in [-0.25, -0.2) is 13.2 Å². The van der Waals surface area contributed by atoms with Gasteiger partial charge in [0.15, 0.2) is 0 Å². The minimum atomic E-state index is -0.486. The highest BCUT2D eigenvalue weighted by atomic mass is 79.9. The molecule has 0 aliphatic rings. The first-order valence-electron chi connectivity index (χ1n) is 6.64. The molecule has 0 amide bonds. The van der Waals surface area contributed by atoms with Crippen LogP contribution in [0.1, 0.15) is 24.1 Å². The van der Waals surface area contributed by atoms with Crippen LogP contribution >= 0.6 is 15.9 Å². The fraction of sp³-hybridized carbons (Fsp3) is 0.250. The van der Waals surface area contributed by atoms with Crippen molar-refractivity contribution in [3.8, 4) is 0 Å². The Kier molecular flexibility index (Phi) is 5.42. The second-order valence-electron chi connectivity index (χ2n) is 4.69. The molecule has 0 aromatic heterocycles. The Bertz CT molecular complexity index is 631. The number of likely N-dealkylation sites (N-methyl/N-ethyl adjacent to an activating group) is 1. The van der Waals surface area contributed by atoms with Crippen LogP contribution in [0.25, 0.3) is 0 Å². The molecule has 5 heteroatoms. The largest absolute Gasteiger partial charge is 0.310 e. The predicted molar refractivity (Wildman–Crippen MR) is 80.6 cm³/mol. The van der Waals surface area contributed by atoms with Gasteiger partial charge in [0.1, 0.15) is 17.5 Å². The molecule has 21 heavy (non-hydrogen) atoms. The lowest BCUT2D eigenvalue weighted by Crippen LogP contribution is -2.24. The summed E-state index contributed by atoms with van der Waals surface area (Å²) in [5.74, 6) is -1.33. The van der Waals surface area contributed by atoms with Crippen molar-refractivity contribution in [2.45, 2.75) is 19.4 Å². The van der Waals surface area contributed by atoms with Crippen molar-refractivity contribution in [2.75, 3.05) is 6.54 Å². The van der Waals surface area contributed by atoms with E-state index in [9.17, 15) is 13.2 Å². The van der Waals surface area contributed by atoms with E-state index in [1.54, 1.807) is 12.1 Å². The predicted octanol–water partition coefficient (Wildman–Crippen LogP) is 4.76. The molecule has 0 aliphatic heterocycles. The summed E-state index contributed by atoms with van der Waals surface area (Å²) in [7, 11) is 0. The number of hydrogen-bond acceptors (Lipinski definition) is 1. The first-order chi connectivity index (χ1) is 10.0. The number of halogens is 4. The monoisotopic (exact) mass is 357 g/mol. The first kappa shape index (κ1) is 16.0. The van der Waals surface area contributed by atoms with Gasteiger partial charge in [-0.15, -0.1) is 0 Å². The van der Waals surface area contributed by atoms with Crippen LogP contribution in [-0.2, 0) is 6.42 Å². The molecule has 0 bridgehead atoms. The molecule has 112 valence electrons. The summed E-state index contributed by atoms with van der Waals surface area (Å²) in [6.07, 6.45) is 0.236. The Morgan fingerprint density at radius 2 is 1.86 bits per heavy atom. The summed E-state index contributed by atoms with van der Waals surface area (Å²) < 4.78 is 41.1. The highest BCUT2D eigenvalue weighted by Crippen LogP contribution is 2.29. The Hall–Kier alpha value is -1.33. The van der Waals surface area contributed by atoms with Gasteiger partial charge in [0.05, 0.1) is 4.47 Å². The van der Waals surface area contributed by atoms with Crippen molar-refractivity contribution >= 4 is 15.9 Å². The molecule has 2 aromatic rings. The maximum absolute atomic E-state index is 13.8. The van der Waals surface area contributed by atoms with Gasteiger partial charge in [0.25, 0.3) is 0 Å². The fourth-order valence-electron chi connectivity index (χ4n) is 2.25. The van der Waals surface area contributed by atoms with Crippen LogP contribution in [0, 0.1) is 17.5 Å². The minimum absolute atomic E-state index is 0.236. The highest BCUT2D eigenvalue weighted by molar-refractivity contribution is 9.10. The standard InChI is InChI=1S/C16H15BrF3N/c1-2-21-15(12-4-3-5-14(20)16(12)17)9-10-8-11(18)6-7-13(10)19/h3-8,15,21H,2,9H2,1H3. The summed E-state index contributed by atoms with van der Waals surface area (Å²) in [5.41, 5.74) is 0.942. The zero-order valence-electron chi connectivity index (χ0n) is 11.5. The van der Waals surface area contributed by atoms with Crippen LogP contribution in [0.5, 0.6) is 0 Å². The second-order valence-corrected chi connectivity index (χ2v) is 5.49. The van der Waals surface area contributed by atoms with Crippen LogP contribution in [0.4, 0.5) is 13.2 Å². The van der Waals surface area contributed by atoms with Gasteiger partial charge < -0.3 is 5.32 Å². The Balaban J connectivity index is 2.35. The van der Waals surface area contributed by atoms with Crippen molar-refractivity contribution in [3.05, 3.63) is 69.4 Å². The SMILES string of the molecule is CCNC(Cc1cc(F)ccc1F)c1cccc(F)c1Br. The van der Waals surface area contributed by atoms with E-state index in [0.29, 0.717) is 16.6 Å². The lowest BCUT2D eigenvalue weighted by Gasteiger charge is -2.20. The maximum atomic E-state index is 13.8. The third-order valence-electron chi connectivity index (χ3n) is 3.24. The fourth-order valence-corrected chi connectivity index (χ4v) is 2.79. The molecular formula is C16H15BrF3N. The van der Waals surface area contributed by atoms with Gasteiger partial charge in [-0.1, -0.05) is 19.1 Å². The van der Waals surface area contributed by atoms with Crippen LogP contribution < -0.4 is 5.32 Å². The van der Waals surface area contributed by atoms with Gasteiger partial charge in [-0.3, -0.25) is 0 Å². The average Bonchev–Trinajstić information content (AvgIpc) is 2.45. The van der Waals surface area contributed by atoms with Gasteiger partial charge in [0, 0.05) is 6.04 Å². The summed E-state index contributed by atoms with van der Waals surface area (Å²) in [6.45, 7) is 2.53. The molecule has 1 unspecified atom stereocenters. The number of rotatable bonds is 5. The number of hydrogen-bond donors (Lipinski definition) is 1. The van der Waals surface area contributed by atoms with Gasteiger partial charge >= 0.3 is 0 Å². The molecule has 0 saturated heterocycles. The van der Waals surface area contributed by atoms with Gasteiger partial charge in [-0.2, -0.15) is 0 Å². The molecule has 2 rings (SSSR count). The minimum Gasteiger partial charge on any atom is -0.310 e. The van der Waals surface area contributed by atoms with Crippen LogP contribution in [0.3, 0.4) is 0 Å². The molecule has 2 aromatic carbocycles. The first-order valence-corrected chi connectivity index (χ1v) is 7.43. The van der Waals surface area contributed by atoms with Crippen LogP contribution in [-0.4, -0.2) is 6.54 Å². The van der Waals surface area contributed by atoms with Crippen molar-refractivity contribution in [2.24, 2.45) is 0 Å². The Labute approximate surface area is 130 Å². The van der Waals surface area contributed by atoms with E-state index >= 15 is 0 Å². The van der Waals surface area contributed by atoms with E-state index in [4.69, 9.17) is 0 Å². The normalized spacial score (nSPS) is 12.4. The van der Waals surface area contributed by atoms with E-state index in [1.165, 1.54) is 12.1 Å². The molecule has 1 atom stereocenters. The summed E-state index contributed by atoms with van der Waals surface area (Å²) >= 11 is 3.21. The average molecular weight is 358 g/mol. The summed E-state index contributed by atoms with van der Waals surface area (Å²) in [4.78, 5) is 0. The maximum Gasteiger partial charge on any atom is 0.137 e. The van der Waals surface area contributed by atoms with E-state index in [2.05, 4.69) is 21.2 Å². The molecule has 0 saturated carbocycles. The van der Waals surface area contributed by atoms with E-state index in [0.717, 1.165) is 12.1 Å². The molecule has 1 nitrogen and oxygen atoms in total. The van der Waals surface area contributed by atoms with Gasteiger partial charge in [-0.05, 0) is 64.3 Å². The van der Waals surface area contributed by atoms with E-state index in [-0.39, 0.29) is 23.8 Å². The third-order valence-corrected chi connectivity index (χ3v) is 4.08. The van der Waals surface area contributed by atoms with E-state index < -0.39 is 11.6 Å². The Morgan fingerprint density at radius 3 is 2.57 bits per heavy atom. The van der Waals surface area contributed by atoms with E-state index in [1.807, 2.05) is 6.92 Å². The van der Waals surface area contributed by atoms with Crippen molar-refractivity contribution in [1.82, 2.24) is 5.32 Å². The second kappa shape index (κ2) is 7.09. The summed E-state index contributed by atoms with van der Waals surface area (Å²) in [5, 5.41) is 3.18. The van der Waals surface area contributed by atoms with Crippen LogP contribution in [0.15, 0.2) is 40.9 Å². The molecule has 1 N–H and O–H groups in total. The quantitative estimate of drug-likeness (QED) is 0.813. The molecule has 0 radical (unpaired) electrons. The van der Waals surface area contributed by atoms with Crippen LogP contribution in [0.2, 0.25) is 0 Å². The molecule has 0 spiro atoms. The molecular weight excluding hydrogens is 343 g/mol. The van der Waals surface area contributed by atoms with Crippen molar-refractivity contribution < 1.29 is 13.2 Å².